The molecule has 0 radical (unpaired) electrons. The average molecular weight is 459 g/mol. The standard InChI is InChI=1S/C14H21NO2.C12H17NO.CH4O/c1-16-11-15-9-7-13(8-10-15)12-3-5-14(17-2)6-4-12;1-14-12-4-2-10(3-5-12)11-6-8-13-9-7-11;1-2/h3-6,13H,7-11H2,1-2H3;2-5,11,13H,6-9H2,1H3;2H,1H3. The molecule has 6 heteroatoms. The van der Waals surface area contributed by atoms with Gasteiger partial charge in [-0.3, -0.25) is 4.90 Å². The van der Waals surface area contributed by atoms with Gasteiger partial charge in [-0.15, -0.1) is 0 Å². The number of hydrogen-bond donors (Lipinski definition) is 2. The van der Waals surface area contributed by atoms with Crippen LogP contribution in [0.5, 0.6) is 11.5 Å². The molecule has 0 aromatic heterocycles. The Morgan fingerprint density at radius 2 is 1.15 bits per heavy atom. The summed E-state index contributed by atoms with van der Waals surface area (Å²) < 4.78 is 15.5. The summed E-state index contributed by atoms with van der Waals surface area (Å²) in [5.74, 6) is 3.31. The third-order valence-corrected chi connectivity index (χ3v) is 6.41. The summed E-state index contributed by atoms with van der Waals surface area (Å²) in [6.07, 6.45) is 4.95. The number of piperidine rings is 2. The van der Waals surface area contributed by atoms with E-state index in [1.165, 1.54) is 36.8 Å². The van der Waals surface area contributed by atoms with Crippen molar-refractivity contribution in [3.63, 3.8) is 0 Å². The van der Waals surface area contributed by atoms with Crippen molar-refractivity contribution in [2.45, 2.75) is 37.5 Å². The van der Waals surface area contributed by atoms with Crippen LogP contribution in [0.1, 0.15) is 48.6 Å². The Bertz CT molecular complexity index is 738. The molecule has 2 saturated heterocycles. The number of methoxy groups -OCH3 is 3. The first-order chi connectivity index (χ1) is 16.2. The van der Waals surface area contributed by atoms with E-state index in [1.54, 1.807) is 21.3 Å². The smallest absolute Gasteiger partial charge is 0.118 e. The van der Waals surface area contributed by atoms with Crippen LogP contribution in [-0.4, -0.2) is 71.4 Å². The van der Waals surface area contributed by atoms with Crippen LogP contribution < -0.4 is 14.8 Å². The summed E-state index contributed by atoms with van der Waals surface area (Å²) in [7, 11) is 6.17. The number of benzene rings is 2. The number of aliphatic hydroxyl groups excluding tert-OH is 1. The lowest BCUT2D eigenvalue weighted by atomic mass is 9.89. The molecule has 2 fully saturated rings. The van der Waals surface area contributed by atoms with Gasteiger partial charge in [-0.2, -0.15) is 0 Å². The number of rotatable bonds is 6. The van der Waals surface area contributed by atoms with Gasteiger partial charge in [0.2, 0.25) is 0 Å². The predicted octanol–water partition coefficient (Wildman–Crippen LogP) is 4.25. The first kappa shape index (κ1) is 27.1. The summed E-state index contributed by atoms with van der Waals surface area (Å²) in [6, 6.07) is 17.0. The van der Waals surface area contributed by atoms with E-state index in [4.69, 9.17) is 19.3 Å². The van der Waals surface area contributed by atoms with Crippen molar-refractivity contribution in [1.29, 1.82) is 0 Å². The Morgan fingerprint density at radius 3 is 1.55 bits per heavy atom. The highest BCUT2D eigenvalue weighted by molar-refractivity contribution is 5.30. The number of ether oxygens (including phenoxy) is 3. The quantitative estimate of drug-likeness (QED) is 0.675. The minimum Gasteiger partial charge on any atom is -0.497 e. The maximum absolute atomic E-state index is 7.00. The van der Waals surface area contributed by atoms with Crippen LogP contribution in [-0.2, 0) is 4.74 Å². The maximum Gasteiger partial charge on any atom is 0.118 e. The van der Waals surface area contributed by atoms with Crippen LogP contribution in [0.15, 0.2) is 48.5 Å². The van der Waals surface area contributed by atoms with Gasteiger partial charge >= 0.3 is 0 Å². The van der Waals surface area contributed by atoms with Crippen LogP contribution in [0.25, 0.3) is 0 Å². The van der Waals surface area contributed by atoms with Gasteiger partial charge in [0.1, 0.15) is 11.5 Å². The molecule has 2 aromatic carbocycles. The summed E-state index contributed by atoms with van der Waals surface area (Å²) in [5, 5.41) is 10.4. The van der Waals surface area contributed by atoms with Crippen molar-refractivity contribution < 1.29 is 19.3 Å². The number of likely N-dealkylation sites (tertiary alicyclic amines) is 1. The third-order valence-electron chi connectivity index (χ3n) is 6.41. The van der Waals surface area contributed by atoms with Crippen molar-refractivity contribution in [2.75, 3.05) is 61.3 Å². The predicted molar refractivity (Wildman–Crippen MR) is 134 cm³/mol. The third kappa shape index (κ3) is 8.97. The number of aliphatic hydroxyl groups is 1. The fourth-order valence-corrected chi connectivity index (χ4v) is 4.49. The van der Waals surface area contributed by atoms with Gasteiger partial charge < -0.3 is 24.6 Å². The highest BCUT2D eigenvalue weighted by atomic mass is 16.5. The second-order valence-corrected chi connectivity index (χ2v) is 8.38. The summed E-state index contributed by atoms with van der Waals surface area (Å²) in [5.41, 5.74) is 2.88. The molecule has 2 aliphatic heterocycles. The van der Waals surface area contributed by atoms with Crippen LogP contribution in [0, 0.1) is 0 Å². The zero-order chi connectivity index (χ0) is 23.9. The molecule has 0 unspecified atom stereocenters. The first-order valence-electron chi connectivity index (χ1n) is 11.9. The molecule has 0 amide bonds. The molecule has 0 atom stereocenters. The van der Waals surface area contributed by atoms with Crippen molar-refractivity contribution in [1.82, 2.24) is 10.2 Å². The SMILES string of the molecule is CO.COCN1CCC(c2ccc(OC)cc2)CC1.COc1ccc(C2CCNCC2)cc1. The molecule has 2 aliphatic rings. The lowest BCUT2D eigenvalue weighted by molar-refractivity contribution is 0.0467. The maximum atomic E-state index is 7.00. The van der Waals surface area contributed by atoms with Gasteiger partial charge in [-0.25, -0.2) is 0 Å². The van der Waals surface area contributed by atoms with Crippen LogP contribution in [0.3, 0.4) is 0 Å². The van der Waals surface area contributed by atoms with Crippen LogP contribution in [0.4, 0.5) is 0 Å². The molecule has 184 valence electrons. The van der Waals surface area contributed by atoms with Crippen molar-refractivity contribution >= 4 is 0 Å². The monoisotopic (exact) mass is 458 g/mol. The Hall–Kier alpha value is -2.12. The van der Waals surface area contributed by atoms with E-state index in [0.717, 1.165) is 57.4 Å². The van der Waals surface area contributed by atoms with E-state index in [1.807, 2.05) is 0 Å². The molecule has 0 bridgehead atoms. The van der Waals surface area contributed by atoms with Crippen molar-refractivity contribution in [2.24, 2.45) is 0 Å². The van der Waals surface area contributed by atoms with E-state index < -0.39 is 0 Å². The highest BCUT2D eigenvalue weighted by Gasteiger charge is 2.20. The summed E-state index contributed by atoms with van der Waals surface area (Å²) in [4.78, 5) is 2.36. The topological polar surface area (TPSA) is 63.2 Å². The Kier molecular flexibility index (Phi) is 12.9. The zero-order valence-corrected chi connectivity index (χ0v) is 20.8. The van der Waals surface area contributed by atoms with E-state index in [2.05, 4.69) is 58.7 Å². The summed E-state index contributed by atoms with van der Waals surface area (Å²) in [6.45, 7) is 5.32. The van der Waals surface area contributed by atoms with Crippen molar-refractivity contribution in [3.8, 4) is 11.5 Å². The lowest BCUT2D eigenvalue weighted by Crippen LogP contribution is -2.34. The van der Waals surface area contributed by atoms with E-state index >= 15 is 0 Å². The molecule has 0 spiro atoms. The molecule has 2 heterocycles. The fraction of sp³-hybridized carbons (Fsp3) is 0.556. The molecule has 4 rings (SSSR count). The van der Waals surface area contributed by atoms with Gasteiger partial charge in [0, 0.05) is 27.3 Å². The first-order valence-corrected chi connectivity index (χ1v) is 11.9. The molecule has 0 aliphatic carbocycles. The van der Waals surface area contributed by atoms with Gasteiger partial charge in [-0.05, 0) is 86.0 Å². The highest BCUT2D eigenvalue weighted by Crippen LogP contribution is 2.29. The molecular formula is C27H42N2O4. The van der Waals surface area contributed by atoms with E-state index in [9.17, 15) is 0 Å². The van der Waals surface area contributed by atoms with Crippen LogP contribution >= 0.6 is 0 Å². The Balaban J connectivity index is 0.000000221. The Morgan fingerprint density at radius 1 is 0.727 bits per heavy atom. The number of hydrogen-bond acceptors (Lipinski definition) is 6. The van der Waals surface area contributed by atoms with E-state index in [-0.39, 0.29) is 0 Å². The Labute approximate surface area is 199 Å². The molecule has 0 saturated carbocycles. The second kappa shape index (κ2) is 15.7. The lowest BCUT2D eigenvalue weighted by Gasteiger charge is -2.31. The largest absolute Gasteiger partial charge is 0.497 e. The fourth-order valence-electron chi connectivity index (χ4n) is 4.49. The second-order valence-electron chi connectivity index (χ2n) is 8.38. The number of nitrogens with one attached hydrogen (secondary N) is 1. The molecule has 6 nitrogen and oxygen atoms in total. The number of nitrogens with zero attached hydrogens (tertiary/aromatic N) is 1. The molecule has 2 aromatic rings. The summed E-state index contributed by atoms with van der Waals surface area (Å²) >= 11 is 0. The van der Waals surface area contributed by atoms with E-state index in [0.29, 0.717) is 5.92 Å². The van der Waals surface area contributed by atoms with Gasteiger partial charge in [0.25, 0.3) is 0 Å². The average Bonchev–Trinajstić information content (AvgIpc) is 2.91. The van der Waals surface area contributed by atoms with Gasteiger partial charge in [0.05, 0.1) is 21.0 Å². The zero-order valence-electron chi connectivity index (χ0n) is 20.8. The van der Waals surface area contributed by atoms with Gasteiger partial charge in [0.15, 0.2) is 0 Å². The molecular weight excluding hydrogens is 416 g/mol. The van der Waals surface area contributed by atoms with Gasteiger partial charge in [-0.1, -0.05) is 24.3 Å². The molecule has 2 N–H and O–H groups in total. The minimum absolute atomic E-state index is 0.689. The van der Waals surface area contributed by atoms with Crippen LogP contribution in [0.2, 0.25) is 0 Å². The molecule has 33 heavy (non-hydrogen) atoms. The normalized spacial score (nSPS) is 17.2. The van der Waals surface area contributed by atoms with Crippen molar-refractivity contribution in [3.05, 3.63) is 59.7 Å². The minimum atomic E-state index is 0.689.